The molecule has 1 unspecified atom stereocenters. The van der Waals surface area contributed by atoms with E-state index in [1.165, 1.54) is 12.8 Å². The normalized spacial score (nSPS) is 18.9. The standard InChI is InChI=1S/C15H22N4/c1-11-8-12(2)17-15(14(11)9-16)19-7-5-6-13(19)10-18(3)4/h8,13H,5-7,10H2,1-4H3. The average molecular weight is 258 g/mol. The molecule has 0 bridgehead atoms. The highest BCUT2D eigenvalue weighted by Gasteiger charge is 2.28. The maximum absolute atomic E-state index is 9.39. The summed E-state index contributed by atoms with van der Waals surface area (Å²) < 4.78 is 0. The third kappa shape index (κ3) is 2.87. The molecule has 4 heteroatoms. The summed E-state index contributed by atoms with van der Waals surface area (Å²) in [7, 11) is 4.19. The average Bonchev–Trinajstić information content (AvgIpc) is 2.75. The summed E-state index contributed by atoms with van der Waals surface area (Å²) >= 11 is 0. The summed E-state index contributed by atoms with van der Waals surface area (Å²) in [5, 5.41) is 9.39. The fourth-order valence-corrected chi connectivity index (χ4v) is 2.89. The van der Waals surface area contributed by atoms with Crippen LogP contribution >= 0.6 is 0 Å². The molecule has 0 amide bonds. The quantitative estimate of drug-likeness (QED) is 0.832. The van der Waals surface area contributed by atoms with Crippen LogP contribution in [0.3, 0.4) is 0 Å². The molecule has 0 aliphatic carbocycles. The van der Waals surface area contributed by atoms with Gasteiger partial charge in [-0.05, 0) is 52.4 Å². The summed E-state index contributed by atoms with van der Waals surface area (Å²) in [4.78, 5) is 9.15. The van der Waals surface area contributed by atoms with Crippen LogP contribution in [-0.4, -0.2) is 43.1 Å². The number of pyridine rings is 1. The lowest BCUT2D eigenvalue weighted by molar-refractivity contribution is 0.371. The van der Waals surface area contributed by atoms with E-state index in [1.54, 1.807) is 0 Å². The molecule has 1 fully saturated rings. The highest BCUT2D eigenvalue weighted by molar-refractivity contribution is 5.59. The van der Waals surface area contributed by atoms with E-state index in [0.717, 1.165) is 35.7 Å². The fraction of sp³-hybridized carbons (Fsp3) is 0.600. The third-order valence-corrected chi connectivity index (χ3v) is 3.66. The van der Waals surface area contributed by atoms with Gasteiger partial charge in [0.15, 0.2) is 0 Å². The number of hydrogen-bond donors (Lipinski definition) is 0. The Bertz CT molecular complexity index is 502. The zero-order valence-electron chi connectivity index (χ0n) is 12.3. The van der Waals surface area contributed by atoms with Crippen molar-refractivity contribution in [2.45, 2.75) is 32.7 Å². The lowest BCUT2D eigenvalue weighted by Gasteiger charge is -2.29. The van der Waals surface area contributed by atoms with Crippen molar-refractivity contribution in [3.8, 4) is 6.07 Å². The zero-order chi connectivity index (χ0) is 14.0. The first kappa shape index (κ1) is 13.8. The Kier molecular flexibility index (Phi) is 4.06. The topological polar surface area (TPSA) is 43.2 Å². The molecule has 1 aromatic rings. The molecule has 19 heavy (non-hydrogen) atoms. The lowest BCUT2D eigenvalue weighted by Crippen LogP contribution is -2.38. The second-order valence-corrected chi connectivity index (χ2v) is 5.64. The summed E-state index contributed by atoms with van der Waals surface area (Å²) in [5.74, 6) is 0.879. The first-order chi connectivity index (χ1) is 9.02. The van der Waals surface area contributed by atoms with Crippen molar-refractivity contribution in [1.29, 1.82) is 5.26 Å². The molecular formula is C15H22N4. The van der Waals surface area contributed by atoms with Crippen molar-refractivity contribution >= 4 is 5.82 Å². The smallest absolute Gasteiger partial charge is 0.147 e. The first-order valence-corrected chi connectivity index (χ1v) is 6.82. The lowest BCUT2D eigenvalue weighted by atomic mass is 10.1. The van der Waals surface area contributed by atoms with Crippen molar-refractivity contribution < 1.29 is 0 Å². The molecule has 1 aliphatic heterocycles. The van der Waals surface area contributed by atoms with Gasteiger partial charge >= 0.3 is 0 Å². The van der Waals surface area contributed by atoms with E-state index in [4.69, 9.17) is 0 Å². The number of rotatable bonds is 3. The van der Waals surface area contributed by atoms with Gasteiger partial charge in [0.1, 0.15) is 11.9 Å². The number of nitrogens with zero attached hydrogens (tertiary/aromatic N) is 4. The van der Waals surface area contributed by atoms with Crippen molar-refractivity contribution in [2.24, 2.45) is 0 Å². The molecular weight excluding hydrogens is 236 g/mol. The minimum Gasteiger partial charge on any atom is -0.351 e. The van der Waals surface area contributed by atoms with Gasteiger partial charge in [0, 0.05) is 24.8 Å². The van der Waals surface area contributed by atoms with Gasteiger partial charge in [-0.25, -0.2) is 4.98 Å². The molecule has 0 spiro atoms. The van der Waals surface area contributed by atoms with E-state index in [9.17, 15) is 5.26 Å². The van der Waals surface area contributed by atoms with Crippen LogP contribution in [0.5, 0.6) is 0 Å². The molecule has 2 heterocycles. The predicted molar refractivity (Wildman–Crippen MR) is 77.3 cm³/mol. The number of aromatic nitrogens is 1. The van der Waals surface area contributed by atoms with Gasteiger partial charge in [-0.1, -0.05) is 0 Å². The zero-order valence-corrected chi connectivity index (χ0v) is 12.3. The molecule has 1 aliphatic rings. The number of hydrogen-bond acceptors (Lipinski definition) is 4. The van der Waals surface area contributed by atoms with E-state index >= 15 is 0 Å². The Morgan fingerprint density at radius 2 is 2.21 bits per heavy atom. The largest absolute Gasteiger partial charge is 0.351 e. The summed E-state index contributed by atoms with van der Waals surface area (Å²) in [6, 6.07) is 4.78. The number of anilines is 1. The summed E-state index contributed by atoms with van der Waals surface area (Å²) in [6.07, 6.45) is 2.36. The van der Waals surface area contributed by atoms with Crippen LogP contribution in [0.15, 0.2) is 6.07 Å². The van der Waals surface area contributed by atoms with Crippen LogP contribution < -0.4 is 4.90 Å². The fourth-order valence-electron chi connectivity index (χ4n) is 2.89. The first-order valence-electron chi connectivity index (χ1n) is 6.82. The van der Waals surface area contributed by atoms with Crippen LogP contribution in [0.4, 0.5) is 5.82 Å². The molecule has 1 atom stereocenters. The molecule has 0 N–H and O–H groups in total. The van der Waals surface area contributed by atoms with Crippen LogP contribution in [0.2, 0.25) is 0 Å². The summed E-state index contributed by atoms with van der Waals surface area (Å²) in [5.41, 5.74) is 2.75. The van der Waals surface area contributed by atoms with Crippen LogP contribution in [-0.2, 0) is 0 Å². The highest BCUT2D eigenvalue weighted by atomic mass is 15.3. The molecule has 4 nitrogen and oxygen atoms in total. The molecule has 0 saturated carbocycles. The monoisotopic (exact) mass is 258 g/mol. The second kappa shape index (κ2) is 5.58. The van der Waals surface area contributed by atoms with E-state index in [2.05, 4.69) is 34.9 Å². The second-order valence-electron chi connectivity index (χ2n) is 5.64. The van der Waals surface area contributed by atoms with Crippen LogP contribution in [0.25, 0.3) is 0 Å². The Labute approximate surface area is 115 Å². The SMILES string of the molecule is Cc1cc(C)c(C#N)c(N2CCCC2CN(C)C)n1. The Balaban J connectivity index is 2.38. The van der Waals surface area contributed by atoms with Crippen molar-refractivity contribution in [3.05, 3.63) is 22.9 Å². The summed E-state index contributed by atoms with van der Waals surface area (Å²) in [6.45, 7) is 6.01. The van der Waals surface area contributed by atoms with Gasteiger partial charge < -0.3 is 9.80 Å². The van der Waals surface area contributed by atoms with Crippen molar-refractivity contribution in [2.75, 3.05) is 32.1 Å². The third-order valence-electron chi connectivity index (χ3n) is 3.66. The molecule has 0 aromatic carbocycles. The van der Waals surface area contributed by atoms with E-state index < -0.39 is 0 Å². The molecule has 2 rings (SSSR count). The number of nitriles is 1. The van der Waals surface area contributed by atoms with Gasteiger partial charge in [-0.2, -0.15) is 5.26 Å². The van der Waals surface area contributed by atoms with Crippen LogP contribution in [0.1, 0.15) is 29.7 Å². The van der Waals surface area contributed by atoms with Crippen molar-refractivity contribution in [1.82, 2.24) is 9.88 Å². The molecule has 1 saturated heterocycles. The Hall–Kier alpha value is -1.60. The van der Waals surface area contributed by atoms with E-state index in [0.29, 0.717) is 6.04 Å². The Morgan fingerprint density at radius 1 is 1.47 bits per heavy atom. The highest BCUT2D eigenvalue weighted by Crippen LogP contribution is 2.29. The minimum atomic E-state index is 0.468. The maximum Gasteiger partial charge on any atom is 0.147 e. The van der Waals surface area contributed by atoms with Gasteiger partial charge in [0.05, 0.1) is 5.56 Å². The predicted octanol–water partition coefficient (Wildman–Crippen LogP) is 2.10. The molecule has 102 valence electrons. The maximum atomic E-state index is 9.39. The van der Waals surface area contributed by atoms with Gasteiger partial charge in [0.2, 0.25) is 0 Å². The molecule has 0 radical (unpaired) electrons. The minimum absolute atomic E-state index is 0.468. The Morgan fingerprint density at radius 3 is 2.84 bits per heavy atom. The van der Waals surface area contributed by atoms with E-state index in [-0.39, 0.29) is 0 Å². The number of aryl methyl sites for hydroxylation is 2. The van der Waals surface area contributed by atoms with Gasteiger partial charge in [0.25, 0.3) is 0 Å². The van der Waals surface area contributed by atoms with E-state index in [1.807, 2.05) is 19.9 Å². The van der Waals surface area contributed by atoms with Crippen LogP contribution in [0, 0.1) is 25.2 Å². The number of likely N-dealkylation sites (N-methyl/N-ethyl adjacent to an activating group) is 1. The molecule has 1 aromatic heterocycles. The van der Waals surface area contributed by atoms with Gasteiger partial charge in [-0.3, -0.25) is 0 Å². The van der Waals surface area contributed by atoms with Gasteiger partial charge in [-0.15, -0.1) is 0 Å². The van der Waals surface area contributed by atoms with Crippen molar-refractivity contribution in [3.63, 3.8) is 0 Å².